The van der Waals surface area contributed by atoms with Crippen molar-refractivity contribution in [2.24, 2.45) is 5.92 Å². The summed E-state index contributed by atoms with van der Waals surface area (Å²) in [6, 6.07) is 4.88. The smallest absolute Gasteiger partial charge is 0.415 e. The van der Waals surface area contributed by atoms with Crippen molar-refractivity contribution < 1.29 is 23.0 Å². The van der Waals surface area contributed by atoms with Gasteiger partial charge in [-0.2, -0.15) is 10.2 Å². The fourth-order valence-electron chi connectivity index (χ4n) is 4.41. The number of hydrogen-bond acceptors (Lipinski definition) is 7. The van der Waals surface area contributed by atoms with E-state index in [2.05, 4.69) is 39.8 Å². The molecule has 0 radical (unpaired) electrons. The van der Waals surface area contributed by atoms with Crippen LogP contribution in [0.25, 0.3) is 28.2 Å². The van der Waals surface area contributed by atoms with Crippen molar-refractivity contribution in [3.63, 3.8) is 0 Å². The Hall–Kier alpha value is -3.71. The third kappa shape index (κ3) is 5.41. The minimum atomic E-state index is -1.28. The van der Waals surface area contributed by atoms with Gasteiger partial charge in [0.25, 0.3) is 0 Å². The summed E-state index contributed by atoms with van der Waals surface area (Å²) in [5.41, 5.74) is 0.705. The number of carbonyl (C=O) groups is 1. The highest BCUT2D eigenvalue weighted by Crippen LogP contribution is 2.33. The van der Waals surface area contributed by atoms with Crippen LogP contribution >= 0.6 is 0 Å². The average molecular weight is 556 g/mol. The summed E-state index contributed by atoms with van der Waals surface area (Å²) in [5.74, 6) is -1.05. The van der Waals surface area contributed by atoms with Gasteiger partial charge in [0, 0.05) is 26.4 Å². The second-order valence-corrected chi connectivity index (χ2v) is 16.7. The van der Waals surface area contributed by atoms with E-state index in [1.807, 2.05) is 13.8 Å². The number of cyclic esters (lactones) is 1. The maximum absolute atomic E-state index is 15.4. The van der Waals surface area contributed by atoms with Crippen molar-refractivity contribution in [3.05, 3.63) is 48.6 Å². The molecule has 1 atom stereocenters. The Morgan fingerprint density at radius 2 is 1.92 bits per heavy atom. The quantitative estimate of drug-likeness (QED) is 0.206. The summed E-state index contributed by atoms with van der Waals surface area (Å²) in [6.45, 7) is 11.6. The van der Waals surface area contributed by atoms with Gasteiger partial charge in [-0.1, -0.05) is 33.5 Å². The predicted octanol–water partition coefficient (Wildman–Crippen LogP) is 5.23. The first-order valence-corrected chi connectivity index (χ1v) is 16.5. The van der Waals surface area contributed by atoms with E-state index >= 15 is 8.78 Å². The molecule has 1 aliphatic heterocycles. The van der Waals surface area contributed by atoms with Crippen LogP contribution in [0.3, 0.4) is 0 Å². The maximum atomic E-state index is 15.4. The van der Waals surface area contributed by atoms with E-state index in [1.54, 1.807) is 12.3 Å². The van der Waals surface area contributed by atoms with Gasteiger partial charge >= 0.3 is 6.09 Å². The largest absolute Gasteiger partial charge is 0.447 e. The first-order valence-electron chi connectivity index (χ1n) is 12.8. The van der Waals surface area contributed by atoms with Gasteiger partial charge in [0.2, 0.25) is 0 Å². The van der Waals surface area contributed by atoms with Crippen LogP contribution in [0.4, 0.5) is 19.4 Å². The minimum absolute atomic E-state index is 0.0390. The van der Waals surface area contributed by atoms with Crippen molar-refractivity contribution in [1.82, 2.24) is 29.4 Å². The second-order valence-electron chi connectivity index (χ2n) is 11.1. The van der Waals surface area contributed by atoms with Crippen LogP contribution in [0, 0.1) is 17.6 Å². The first kappa shape index (κ1) is 26.9. The van der Waals surface area contributed by atoms with Gasteiger partial charge in [-0.05, 0) is 35.7 Å². The average Bonchev–Trinajstić information content (AvgIpc) is 3.59. The van der Waals surface area contributed by atoms with Gasteiger partial charge in [-0.3, -0.25) is 4.90 Å². The van der Waals surface area contributed by atoms with Crippen LogP contribution in [0.2, 0.25) is 25.7 Å². The number of nitrogens with zero attached hydrogens (tertiary/aromatic N) is 7. The molecule has 0 aliphatic carbocycles. The molecule has 3 aromatic heterocycles. The molecule has 0 N–H and O–H groups in total. The summed E-state index contributed by atoms with van der Waals surface area (Å²) in [4.78, 5) is 22.6. The number of carbonyl (C=O) groups excluding carboxylic acids is 1. The molecule has 13 heteroatoms. The lowest BCUT2D eigenvalue weighted by Gasteiger charge is -2.23. The Kier molecular flexibility index (Phi) is 7.20. The van der Waals surface area contributed by atoms with E-state index in [0.29, 0.717) is 23.6 Å². The molecule has 4 aromatic rings. The summed E-state index contributed by atoms with van der Waals surface area (Å²) >= 11 is 0. The fraction of sp³-hybridized carbons (Fsp3) is 0.423. The zero-order chi connectivity index (χ0) is 27.9. The van der Waals surface area contributed by atoms with E-state index < -0.39 is 25.8 Å². The highest BCUT2D eigenvalue weighted by molar-refractivity contribution is 6.76. The Bertz CT molecular complexity index is 1490. The number of aromatic nitrogens is 6. The lowest BCUT2D eigenvalue weighted by Crippen LogP contribution is -2.37. The molecule has 1 aromatic carbocycles. The van der Waals surface area contributed by atoms with Crippen molar-refractivity contribution in [1.29, 1.82) is 0 Å². The number of anilines is 1. The van der Waals surface area contributed by atoms with Crippen LogP contribution in [0.15, 0.2) is 36.9 Å². The third-order valence-corrected chi connectivity index (χ3v) is 8.38. The molecule has 4 heterocycles. The van der Waals surface area contributed by atoms with Gasteiger partial charge in [0.15, 0.2) is 11.5 Å². The normalized spacial score (nSPS) is 16.1. The molecule has 1 fully saturated rings. The van der Waals surface area contributed by atoms with Crippen LogP contribution < -0.4 is 4.90 Å². The number of rotatable bonds is 9. The first-order chi connectivity index (χ1) is 18.5. The van der Waals surface area contributed by atoms with Crippen LogP contribution in [0.5, 0.6) is 0 Å². The van der Waals surface area contributed by atoms with Crippen LogP contribution in [0.1, 0.15) is 13.8 Å². The number of benzene rings is 1. The van der Waals surface area contributed by atoms with Gasteiger partial charge in [-0.25, -0.2) is 32.7 Å². The number of hydrogen-bond donors (Lipinski definition) is 0. The molecule has 1 amide bonds. The van der Waals surface area contributed by atoms with Gasteiger partial charge in [0.1, 0.15) is 37.1 Å². The Balaban J connectivity index is 1.45. The Morgan fingerprint density at radius 3 is 2.62 bits per heavy atom. The SMILES string of the molecule is CC(C)[C@H]1COC(=O)N1c1ccn2ncc(-c3cc(F)c(-c4ncnn4COCC[Si](C)(C)C)c(F)c3)c2n1. The molecule has 39 heavy (non-hydrogen) atoms. The fourth-order valence-corrected chi connectivity index (χ4v) is 5.17. The van der Waals surface area contributed by atoms with Gasteiger partial charge < -0.3 is 9.47 Å². The van der Waals surface area contributed by atoms with E-state index in [9.17, 15) is 4.79 Å². The molecule has 1 saturated heterocycles. The van der Waals surface area contributed by atoms with Crippen molar-refractivity contribution in [2.45, 2.75) is 52.3 Å². The van der Waals surface area contributed by atoms with E-state index in [-0.39, 0.29) is 42.2 Å². The maximum Gasteiger partial charge on any atom is 0.415 e. The molecule has 0 bridgehead atoms. The minimum Gasteiger partial charge on any atom is -0.447 e. The highest BCUT2D eigenvalue weighted by atomic mass is 28.3. The van der Waals surface area contributed by atoms with Crippen molar-refractivity contribution in [2.75, 3.05) is 18.1 Å². The van der Waals surface area contributed by atoms with Crippen LogP contribution in [-0.2, 0) is 16.2 Å². The van der Waals surface area contributed by atoms with Crippen molar-refractivity contribution in [3.8, 4) is 22.5 Å². The highest BCUT2D eigenvalue weighted by Gasteiger charge is 2.37. The van der Waals surface area contributed by atoms with Gasteiger partial charge in [-0.15, -0.1) is 0 Å². The second kappa shape index (κ2) is 10.5. The standard InChI is InChI=1S/C26H31F2N7O3Si/c1-16(2)21-13-38-26(36)35(21)22-6-7-33-24(32-22)18(12-30-33)17-10-19(27)23(20(28)11-17)25-29-14-31-34(25)15-37-8-9-39(3,4)5/h6-7,10-12,14,16,21H,8-9,13,15H2,1-5H3/t21-/m1/s1. The summed E-state index contributed by atoms with van der Waals surface area (Å²) in [5, 5.41) is 8.36. The molecule has 0 spiro atoms. The molecule has 206 valence electrons. The van der Waals surface area contributed by atoms with E-state index in [4.69, 9.17) is 9.47 Å². The van der Waals surface area contributed by atoms with E-state index in [0.717, 1.165) is 6.04 Å². The molecule has 5 rings (SSSR count). The molecular formula is C26H31F2N7O3Si. The predicted molar refractivity (Wildman–Crippen MR) is 144 cm³/mol. The number of ether oxygens (including phenoxy) is 2. The monoisotopic (exact) mass is 555 g/mol. The third-order valence-electron chi connectivity index (χ3n) is 6.68. The summed E-state index contributed by atoms with van der Waals surface area (Å²) < 4.78 is 44.6. The summed E-state index contributed by atoms with van der Waals surface area (Å²) in [6.07, 6.45) is 3.89. The molecule has 0 unspecified atom stereocenters. The van der Waals surface area contributed by atoms with E-state index in [1.165, 1.54) is 38.8 Å². The molecular weight excluding hydrogens is 524 g/mol. The van der Waals surface area contributed by atoms with Crippen molar-refractivity contribution >= 4 is 25.6 Å². The van der Waals surface area contributed by atoms with Crippen LogP contribution in [-0.4, -0.2) is 62.8 Å². The zero-order valence-corrected chi connectivity index (χ0v) is 23.6. The number of amides is 1. The lowest BCUT2D eigenvalue weighted by molar-refractivity contribution is 0.0795. The topological polar surface area (TPSA) is 99.7 Å². The number of halogens is 2. The zero-order valence-electron chi connectivity index (χ0n) is 22.6. The number of fused-ring (bicyclic) bond motifs is 1. The lowest BCUT2D eigenvalue weighted by atomic mass is 10.0. The molecule has 10 nitrogen and oxygen atoms in total. The Morgan fingerprint density at radius 1 is 1.18 bits per heavy atom. The Labute approximate surface area is 225 Å². The summed E-state index contributed by atoms with van der Waals surface area (Å²) in [7, 11) is -1.28. The molecule has 0 saturated carbocycles. The molecule has 1 aliphatic rings. The van der Waals surface area contributed by atoms with Gasteiger partial charge in [0.05, 0.1) is 17.8 Å².